The van der Waals surface area contributed by atoms with Crippen LogP contribution in [0.5, 0.6) is 0 Å². The third-order valence-corrected chi connectivity index (χ3v) is 2.50. The van der Waals surface area contributed by atoms with Gasteiger partial charge in [-0.25, -0.2) is 0 Å². The maximum absolute atomic E-state index is 11.7. The fourth-order valence-electron chi connectivity index (χ4n) is 1.25. The monoisotopic (exact) mass is 238 g/mol. The lowest BCUT2D eigenvalue weighted by Gasteiger charge is -2.20. The molecule has 0 saturated heterocycles. The molecule has 0 aromatic heterocycles. The van der Waals surface area contributed by atoms with E-state index in [1.165, 1.54) is 6.92 Å². The minimum Gasteiger partial charge on any atom is -0.399 e. The van der Waals surface area contributed by atoms with E-state index in [2.05, 4.69) is 5.32 Å². The molecule has 5 nitrogen and oxygen atoms in total. The zero-order chi connectivity index (χ0) is 13.1. The first-order valence-electron chi connectivity index (χ1n) is 5.33. The minimum absolute atomic E-state index is 0.00818. The molecule has 1 aromatic rings. The van der Waals surface area contributed by atoms with Crippen molar-refractivity contribution >= 4 is 11.6 Å². The van der Waals surface area contributed by atoms with E-state index in [1.54, 1.807) is 18.2 Å². The lowest BCUT2D eigenvalue weighted by atomic mass is 10.1. The van der Waals surface area contributed by atoms with Gasteiger partial charge in [0.1, 0.15) is 5.60 Å². The van der Waals surface area contributed by atoms with Crippen LogP contribution in [0.1, 0.15) is 22.8 Å². The Balaban J connectivity index is 2.68. The average molecular weight is 238 g/mol. The summed E-state index contributed by atoms with van der Waals surface area (Å²) in [5.74, 6) is -0.304. The van der Waals surface area contributed by atoms with E-state index in [0.717, 1.165) is 5.56 Å². The summed E-state index contributed by atoms with van der Waals surface area (Å²) < 4.78 is 0. The minimum atomic E-state index is -1.31. The topological polar surface area (TPSA) is 95.6 Å². The number of carbonyl (C=O) groups excluding carboxylic acids is 1. The summed E-state index contributed by atoms with van der Waals surface area (Å²) in [6.45, 7) is 2.84. The third kappa shape index (κ3) is 3.72. The maximum atomic E-state index is 11.7. The molecule has 0 fully saturated rings. The highest BCUT2D eigenvalue weighted by atomic mass is 16.3. The Morgan fingerprint density at radius 3 is 2.71 bits per heavy atom. The van der Waals surface area contributed by atoms with Gasteiger partial charge < -0.3 is 21.3 Å². The summed E-state index contributed by atoms with van der Waals surface area (Å²) in [5.41, 5.74) is 6.27. The van der Waals surface area contributed by atoms with Crippen LogP contribution in [0.4, 0.5) is 5.69 Å². The smallest absolute Gasteiger partial charge is 0.251 e. The van der Waals surface area contributed by atoms with Gasteiger partial charge in [-0.1, -0.05) is 0 Å². The van der Waals surface area contributed by atoms with Crippen molar-refractivity contribution in [3.05, 3.63) is 29.3 Å². The van der Waals surface area contributed by atoms with Gasteiger partial charge in [-0.2, -0.15) is 0 Å². The molecule has 1 amide bonds. The number of aryl methyl sites for hydroxylation is 1. The first-order chi connectivity index (χ1) is 7.85. The second kappa shape index (κ2) is 5.16. The number of amides is 1. The van der Waals surface area contributed by atoms with E-state index < -0.39 is 12.2 Å². The largest absolute Gasteiger partial charge is 0.399 e. The number of hydrogen-bond donors (Lipinski definition) is 4. The molecule has 1 aromatic carbocycles. The molecule has 0 aliphatic heterocycles. The van der Waals surface area contributed by atoms with Crippen molar-refractivity contribution in [3.8, 4) is 0 Å². The highest BCUT2D eigenvalue weighted by Crippen LogP contribution is 2.12. The van der Waals surface area contributed by atoms with Crippen molar-refractivity contribution in [1.29, 1.82) is 0 Å². The Morgan fingerprint density at radius 2 is 2.18 bits per heavy atom. The van der Waals surface area contributed by atoms with Gasteiger partial charge in [0, 0.05) is 17.8 Å². The molecule has 5 N–H and O–H groups in total. The molecule has 1 rings (SSSR count). The summed E-state index contributed by atoms with van der Waals surface area (Å²) >= 11 is 0. The Morgan fingerprint density at radius 1 is 1.53 bits per heavy atom. The lowest BCUT2D eigenvalue weighted by molar-refractivity contribution is 0.00320. The van der Waals surface area contributed by atoms with E-state index in [1.807, 2.05) is 6.92 Å². The van der Waals surface area contributed by atoms with Crippen LogP contribution in [0.2, 0.25) is 0 Å². The quantitative estimate of drug-likeness (QED) is 0.557. The van der Waals surface area contributed by atoms with Gasteiger partial charge >= 0.3 is 0 Å². The van der Waals surface area contributed by atoms with Crippen LogP contribution in [0.25, 0.3) is 0 Å². The van der Waals surface area contributed by atoms with Crippen LogP contribution >= 0.6 is 0 Å². The van der Waals surface area contributed by atoms with Crippen molar-refractivity contribution in [2.24, 2.45) is 0 Å². The van der Waals surface area contributed by atoms with E-state index in [-0.39, 0.29) is 12.5 Å². The standard InChI is InChI=1S/C12H18N2O3/c1-8-5-9(3-4-10(8)13)11(16)14-6-12(2,17)7-15/h3-5,15,17H,6-7,13H2,1-2H3,(H,14,16). The van der Waals surface area contributed by atoms with E-state index >= 15 is 0 Å². The molecule has 1 unspecified atom stereocenters. The molecular weight excluding hydrogens is 220 g/mol. The van der Waals surface area contributed by atoms with Crippen LogP contribution in [0.3, 0.4) is 0 Å². The number of nitrogen functional groups attached to an aromatic ring is 1. The molecule has 0 spiro atoms. The number of carbonyl (C=O) groups is 1. The Kier molecular flexibility index (Phi) is 4.09. The molecule has 1 atom stereocenters. The van der Waals surface area contributed by atoms with Gasteiger partial charge in [0.2, 0.25) is 0 Å². The molecule has 0 heterocycles. The lowest BCUT2D eigenvalue weighted by Crippen LogP contribution is -2.43. The second-order valence-electron chi connectivity index (χ2n) is 4.41. The van der Waals surface area contributed by atoms with Crippen LogP contribution in [-0.2, 0) is 0 Å². The molecule has 0 bridgehead atoms. The van der Waals surface area contributed by atoms with Crippen molar-refractivity contribution in [3.63, 3.8) is 0 Å². The van der Waals surface area contributed by atoms with Crippen molar-refractivity contribution in [2.75, 3.05) is 18.9 Å². The molecule has 0 saturated carbocycles. The molecule has 0 aliphatic carbocycles. The Hall–Kier alpha value is -1.59. The number of nitrogens with two attached hydrogens (primary N) is 1. The molecule has 5 heteroatoms. The van der Waals surface area contributed by atoms with Gasteiger partial charge in [-0.15, -0.1) is 0 Å². The molecule has 0 aliphatic rings. The van der Waals surface area contributed by atoms with Gasteiger partial charge in [-0.05, 0) is 37.6 Å². The van der Waals surface area contributed by atoms with Gasteiger partial charge in [0.05, 0.1) is 6.61 Å². The number of rotatable bonds is 4. The number of aliphatic hydroxyl groups is 2. The van der Waals surface area contributed by atoms with Crippen LogP contribution in [0, 0.1) is 6.92 Å². The number of anilines is 1. The zero-order valence-electron chi connectivity index (χ0n) is 10.0. The predicted molar refractivity (Wildman–Crippen MR) is 65.6 cm³/mol. The summed E-state index contributed by atoms with van der Waals surface area (Å²) in [6, 6.07) is 4.96. The number of nitrogens with one attached hydrogen (secondary N) is 1. The average Bonchev–Trinajstić information content (AvgIpc) is 2.30. The Bertz CT molecular complexity index is 416. The zero-order valence-corrected chi connectivity index (χ0v) is 10.0. The Labute approximate surface area is 100 Å². The highest BCUT2D eigenvalue weighted by molar-refractivity contribution is 5.94. The van der Waals surface area contributed by atoms with Crippen molar-refractivity contribution in [2.45, 2.75) is 19.4 Å². The first-order valence-corrected chi connectivity index (χ1v) is 5.33. The van der Waals surface area contributed by atoms with Crippen LogP contribution in [-0.4, -0.2) is 34.9 Å². The fourth-order valence-corrected chi connectivity index (χ4v) is 1.25. The highest BCUT2D eigenvalue weighted by Gasteiger charge is 2.20. The number of benzene rings is 1. The molecular formula is C12H18N2O3. The van der Waals surface area contributed by atoms with Crippen molar-refractivity contribution < 1.29 is 15.0 Å². The third-order valence-electron chi connectivity index (χ3n) is 2.50. The molecule has 17 heavy (non-hydrogen) atoms. The van der Waals surface area contributed by atoms with Gasteiger partial charge in [0.15, 0.2) is 0 Å². The molecule has 0 radical (unpaired) electrons. The summed E-state index contributed by atoms with van der Waals surface area (Å²) in [5, 5.41) is 20.9. The van der Waals surface area contributed by atoms with Crippen LogP contribution in [0.15, 0.2) is 18.2 Å². The second-order valence-corrected chi connectivity index (χ2v) is 4.41. The van der Waals surface area contributed by atoms with Crippen LogP contribution < -0.4 is 11.1 Å². The van der Waals surface area contributed by atoms with E-state index in [9.17, 15) is 9.90 Å². The summed E-state index contributed by atoms with van der Waals surface area (Å²) in [4.78, 5) is 11.7. The van der Waals surface area contributed by atoms with E-state index in [0.29, 0.717) is 11.3 Å². The number of hydrogen-bond acceptors (Lipinski definition) is 4. The molecule has 94 valence electrons. The number of aliphatic hydroxyl groups excluding tert-OH is 1. The predicted octanol–water partition coefficient (Wildman–Crippen LogP) is 0.0503. The van der Waals surface area contributed by atoms with E-state index in [4.69, 9.17) is 10.8 Å². The SMILES string of the molecule is Cc1cc(C(=O)NCC(C)(O)CO)ccc1N. The summed E-state index contributed by atoms with van der Waals surface area (Å²) in [7, 11) is 0. The first kappa shape index (κ1) is 13.5. The van der Waals surface area contributed by atoms with Gasteiger partial charge in [-0.3, -0.25) is 4.79 Å². The maximum Gasteiger partial charge on any atom is 0.251 e. The van der Waals surface area contributed by atoms with Crippen molar-refractivity contribution in [1.82, 2.24) is 5.32 Å². The summed E-state index contributed by atoms with van der Waals surface area (Å²) in [6.07, 6.45) is 0. The van der Waals surface area contributed by atoms with Gasteiger partial charge in [0.25, 0.3) is 5.91 Å². The normalized spacial score (nSPS) is 14.1. The fraction of sp³-hybridized carbons (Fsp3) is 0.417.